The maximum absolute atomic E-state index is 11.9. The first-order valence-electron chi connectivity index (χ1n) is 3.90. The minimum Gasteiger partial charge on any atom is -0.403 e. The van der Waals surface area contributed by atoms with Crippen molar-refractivity contribution in [3.8, 4) is 5.75 Å². The Bertz CT molecular complexity index is 455. The Hall–Kier alpha value is -1.50. The lowest BCUT2D eigenvalue weighted by Gasteiger charge is -2.10. The molecule has 1 aromatic rings. The molecule has 0 atom stereocenters. The van der Waals surface area contributed by atoms with Gasteiger partial charge in [-0.1, -0.05) is 0 Å². The summed E-state index contributed by atoms with van der Waals surface area (Å²) in [5, 5.41) is 0. The molecule has 0 bridgehead atoms. The number of halogens is 4. The van der Waals surface area contributed by atoms with Crippen molar-refractivity contribution in [2.75, 3.05) is 0 Å². The number of carbonyl (C=O) groups excluding carboxylic acids is 1. The Morgan fingerprint density at radius 3 is 2.56 bits per heavy atom. The third kappa shape index (κ3) is 2.99. The average Bonchev–Trinajstić information content (AvgIpc) is 2.18. The van der Waals surface area contributed by atoms with Crippen LogP contribution in [0.3, 0.4) is 0 Å². The third-order valence-corrected chi connectivity index (χ3v) is 1.89. The summed E-state index contributed by atoms with van der Waals surface area (Å²) in [5.74, 6) is -1.07. The second kappa shape index (κ2) is 4.56. The second-order valence-electron chi connectivity index (χ2n) is 2.70. The minimum atomic E-state index is -4.94. The highest BCUT2D eigenvalue weighted by Crippen LogP contribution is 2.24. The van der Waals surface area contributed by atoms with Crippen molar-refractivity contribution in [2.24, 2.45) is 0 Å². The Labute approximate surface area is 92.0 Å². The molecule has 16 heavy (non-hydrogen) atoms. The topological polar surface area (TPSA) is 59.2 Å². The van der Waals surface area contributed by atoms with Gasteiger partial charge in [0.05, 0.1) is 5.88 Å². The largest absolute Gasteiger partial charge is 0.573 e. The van der Waals surface area contributed by atoms with Crippen LogP contribution in [0.15, 0.2) is 10.9 Å². The van der Waals surface area contributed by atoms with Crippen LogP contribution in [0.4, 0.5) is 13.2 Å². The zero-order valence-electron chi connectivity index (χ0n) is 7.60. The monoisotopic (exact) mass is 255 g/mol. The van der Waals surface area contributed by atoms with Crippen LogP contribution in [-0.4, -0.2) is 17.6 Å². The molecule has 1 N–H and O–H groups in total. The fraction of sp³-hybridized carbons (Fsp3) is 0.250. The highest BCUT2D eigenvalue weighted by molar-refractivity contribution is 6.17. The van der Waals surface area contributed by atoms with E-state index < -0.39 is 23.4 Å². The maximum Gasteiger partial charge on any atom is 0.573 e. The highest BCUT2D eigenvalue weighted by atomic mass is 35.5. The van der Waals surface area contributed by atoms with E-state index >= 15 is 0 Å². The van der Waals surface area contributed by atoms with E-state index in [1.807, 2.05) is 4.98 Å². The van der Waals surface area contributed by atoms with E-state index in [0.29, 0.717) is 0 Å². The minimum absolute atomic E-state index is 0.0560. The molecule has 4 nitrogen and oxygen atoms in total. The smallest absolute Gasteiger partial charge is 0.403 e. The van der Waals surface area contributed by atoms with E-state index in [9.17, 15) is 22.8 Å². The summed E-state index contributed by atoms with van der Waals surface area (Å²) in [6.45, 7) is 0. The van der Waals surface area contributed by atoms with Crippen molar-refractivity contribution in [2.45, 2.75) is 12.2 Å². The number of rotatable bonds is 3. The molecule has 8 heteroatoms. The normalized spacial score (nSPS) is 11.2. The number of carbonyl (C=O) groups is 1. The number of nitrogens with one attached hydrogen (secondary N) is 1. The molecule has 0 spiro atoms. The van der Waals surface area contributed by atoms with Gasteiger partial charge < -0.3 is 9.72 Å². The van der Waals surface area contributed by atoms with Gasteiger partial charge in [0.1, 0.15) is 5.69 Å². The van der Waals surface area contributed by atoms with Crippen LogP contribution >= 0.6 is 11.6 Å². The van der Waals surface area contributed by atoms with Crippen LogP contribution in [0.5, 0.6) is 5.75 Å². The summed E-state index contributed by atoms with van der Waals surface area (Å²) >= 11 is 5.33. The van der Waals surface area contributed by atoms with E-state index in [0.717, 1.165) is 6.07 Å². The molecule has 0 aliphatic carbocycles. The number of H-pyrrole nitrogens is 1. The van der Waals surface area contributed by atoms with E-state index in [1.54, 1.807) is 0 Å². The Morgan fingerprint density at radius 2 is 2.12 bits per heavy atom. The quantitative estimate of drug-likeness (QED) is 0.662. The van der Waals surface area contributed by atoms with Crippen LogP contribution in [0.25, 0.3) is 0 Å². The summed E-state index contributed by atoms with van der Waals surface area (Å²) in [5.41, 5.74) is -1.44. The molecule has 1 heterocycles. The van der Waals surface area contributed by atoms with Crippen molar-refractivity contribution in [3.05, 3.63) is 27.7 Å². The van der Waals surface area contributed by atoms with Crippen molar-refractivity contribution >= 4 is 17.9 Å². The van der Waals surface area contributed by atoms with Crippen molar-refractivity contribution in [3.63, 3.8) is 0 Å². The first kappa shape index (κ1) is 12.6. The standard InChI is InChI=1S/C8H5ClF3NO3/c9-2-4-1-6(16-8(10,11)12)5(3-14)13-7(4)15/h1,3H,2H2,(H,13,15). The van der Waals surface area contributed by atoms with Crippen molar-refractivity contribution in [1.82, 2.24) is 4.98 Å². The summed E-state index contributed by atoms with van der Waals surface area (Å²) in [7, 11) is 0. The zero-order valence-corrected chi connectivity index (χ0v) is 8.35. The Kier molecular flexibility index (Phi) is 3.58. The van der Waals surface area contributed by atoms with Gasteiger partial charge in [0.15, 0.2) is 12.0 Å². The summed E-state index contributed by atoms with van der Waals surface area (Å²) in [4.78, 5) is 23.5. The molecule has 0 amide bonds. The average molecular weight is 256 g/mol. The predicted octanol–water partition coefficient (Wildman–Crippen LogP) is 1.82. The van der Waals surface area contributed by atoms with Gasteiger partial charge in [-0.3, -0.25) is 9.59 Å². The molecule has 0 saturated heterocycles. The number of aromatic nitrogens is 1. The Morgan fingerprint density at radius 1 is 1.50 bits per heavy atom. The molecule has 0 aliphatic heterocycles. The van der Waals surface area contributed by atoms with Crippen LogP contribution in [0.1, 0.15) is 16.1 Å². The number of hydrogen-bond acceptors (Lipinski definition) is 3. The lowest BCUT2D eigenvalue weighted by molar-refractivity contribution is -0.274. The maximum atomic E-state index is 11.9. The summed E-state index contributed by atoms with van der Waals surface area (Å²) < 4.78 is 39.4. The molecule has 1 aromatic heterocycles. The lowest BCUT2D eigenvalue weighted by atomic mass is 10.2. The molecular weight excluding hydrogens is 251 g/mol. The van der Waals surface area contributed by atoms with Gasteiger partial charge in [0.2, 0.25) is 0 Å². The van der Waals surface area contributed by atoms with E-state index in [1.165, 1.54) is 0 Å². The molecule has 0 radical (unpaired) electrons. The van der Waals surface area contributed by atoms with Crippen LogP contribution in [0.2, 0.25) is 0 Å². The predicted molar refractivity (Wildman–Crippen MR) is 48.7 cm³/mol. The first-order chi connectivity index (χ1) is 7.37. The fourth-order valence-electron chi connectivity index (χ4n) is 0.962. The number of aromatic amines is 1. The first-order valence-corrected chi connectivity index (χ1v) is 4.44. The van der Waals surface area contributed by atoms with Gasteiger partial charge in [-0.15, -0.1) is 24.8 Å². The molecule has 0 aliphatic rings. The summed E-state index contributed by atoms with van der Waals surface area (Å²) in [6.07, 6.45) is -4.89. The van der Waals surface area contributed by atoms with E-state index in [2.05, 4.69) is 4.74 Å². The molecule has 0 fully saturated rings. The fourth-order valence-corrected chi connectivity index (χ4v) is 1.16. The summed E-state index contributed by atoms with van der Waals surface area (Å²) in [6, 6.07) is 0.781. The van der Waals surface area contributed by atoms with Gasteiger partial charge in [-0.2, -0.15) is 0 Å². The van der Waals surface area contributed by atoms with Crippen LogP contribution in [0, 0.1) is 0 Å². The van der Waals surface area contributed by atoms with Crippen LogP contribution in [-0.2, 0) is 5.88 Å². The van der Waals surface area contributed by atoms with Gasteiger partial charge in [-0.05, 0) is 6.07 Å². The van der Waals surface area contributed by atoms with Gasteiger partial charge in [0.25, 0.3) is 5.56 Å². The van der Waals surface area contributed by atoms with Gasteiger partial charge in [0, 0.05) is 5.56 Å². The number of aldehydes is 1. The third-order valence-electron chi connectivity index (χ3n) is 1.60. The number of alkyl halides is 4. The van der Waals surface area contributed by atoms with Crippen molar-refractivity contribution < 1.29 is 22.7 Å². The SMILES string of the molecule is O=Cc1[nH]c(=O)c(CCl)cc1OC(F)(F)F. The molecule has 0 saturated carbocycles. The van der Waals surface area contributed by atoms with E-state index in [-0.39, 0.29) is 17.7 Å². The molecule has 0 aromatic carbocycles. The van der Waals surface area contributed by atoms with Crippen LogP contribution < -0.4 is 10.3 Å². The molecule has 88 valence electrons. The zero-order chi connectivity index (χ0) is 12.3. The Balaban J connectivity index is 3.25. The van der Waals surface area contributed by atoms with Gasteiger partial charge >= 0.3 is 6.36 Å². The highest BCUT2D eigenvalue weighted by Gasteiger charge is 2.32. The molecule has 1 rings (SSSR count). The lowest BCUT2D eigenvalue weighted by Crippen LogP contribution is -2.21. The molecular formula is C8H5ClF3NO3. The van der Waals surface area contributed by atoms with E-state index in [4.69, 9.17) is 11.6 Å². The second-order valence-corrected chi connectivity index (χ2v) is 2.97. The number of pyridine rings is 1. The number of hydrogen-bond donors (Lipinski definition) is 1. The van der Waals surface area contributed by atoms with Gasteiger partial charge in [-0.25, -0.2) is 0 Å². The number of ether oxygens (including phenoxy) is 1. The molecule has 0 unspecified atom stereocenters. The van der Waals surface area contributed by atoms with Crippen molar-refractivity contribution in [1.29, 1.82) is 0 Å².